The molecule has 1 N–H and O–H groups in total. The summed E-state index contributed by atoms with van der Waals surface area (Å²) < 4.78 is 6.28. The van der Waals surface area contributed by atoms with Crippen molar-refractivity contribution in [3.05, 3.63) is 35.9 Å². The van der Waals surface area contributed by atoms with E-state index in [0.29, 0.717) is 11.5 Å². The Bertz CT molecular complexity index is 709. The lowest BCUT2D eigenvalue weighted by molar-refractivity contribution is -0.137. The summed E-state index contributed by atoms with van der Waals surface area (Å²) >= 11 is 0. The van der Waals surface area contributed by atoms with E-state index in [0.717, 1.165) is 63.4 Å². The van der Waals surface area contributed by atoms with Crippen molar-refractivity contribution in [2.75, 3.05) is 19.6 Å². The average molecular weight is 414 g/mol. The van der Waals surface area contributed by atoms with Crippen molar-refractivity contribution in [3.8, 4) is 5.75 Å². The van der Waals surface area contributed by atoms with Gasteiger partial charge < -0.3 is 9.84 Å². The van der Waals surface area contributed by atoms with E-state index in [1.54, 1.807) is 0 Å². The van der Waals surface area contributed by atoms with Crippen LogP contribution in [0.3, 0.4) is 0 Å². The molecule has 0 unspecified atom stereocenters. The molecule has 0 atom stereocenters. The number of hydrogen-bond acceptors (Lipinski definition) is 3. The van der Waals surface area contributed by atoms with Crippen LogP contribution >= 0.6 is 0 Å². The van der Waals surface area contributed by atoms with Gasteiger partial charge in [0, 0.05) is 19.5 Å². The molecule has 2 aliphatic rings. The second kappa shape index (κ2) is 10.5. The molecule has 1 aliphatic heterocycles. The normalized spacial score (nSPS) is 23.1. The summed E-state index contributed by atoms with van der Waals surface area (Å²) in [7, 11) is 0. The Morgan fingerprint density at radius 3 is 2.37 bits per heavy atom. The van der Waals surface area contributed by atoms with Crippen LogP contribution in [0.4, 0.5) is 0 Å². The van der Waals surface area contributed by atoms with Gasteiger partial charge in [-0.2, -0.15) is 0 Å². The highest BCUT2D eigenvalue weighted by atomic mass is 16.5. The van der Waals surface area contributed by atoms with E-state index < -0.39 is 5.97 Å². The van der Waals surface area contributed by atoms with E-state index in [4.69, 9.17) is 9.84 Å². The van der Waals surface area contributed by atoms with Gasteiger partial charge in [0.25, 0.3) is 0 Å². The Kier molecular flexibility index (Phi) is 7.99. The number of carboxylic acid groups (broad SMARTS) is 1. The summed E-state index contributed by atoms with van der Waals surface area (Å²) in [6.07, 6.45) is 10.6. The number of ether oxygens (including phenoxy) is 1. The molecule has 30 heavy (non-hydrogen) atoms. The van der Waals surface area contributed by atoms with Crippen LogP contribution in [0.5, 0.6) is 5.75 Å². The van der Waals surface area contributed by atoms with Crippen LogP contribution in [0, 0.1) is 11.3 Å². The molecule has 1 saturated carbocycles. The van der Waals surface area contributed by atoms with Crippen molar-refractivity contribution in [2.24, 2.45) is 11.3 Å². The van der Waals surface area contributed by atoms with Crippen molar-refractivity contribution in [1.29, 1.82) is 0 Å². The van der Waals surface area contributed by atoms with Crippen molar-refractivity contribution in [2.45, 2.75) is 78.2 Å². The number of carbonyl (C=O) groups is 1. The van der Waals surface area contributed by atoms with E-state index in [1.165, 1.54) is 24.0 Å². The number of hydrogen-bond donors (Lipinski definition) is 1. The van der Waals surface area contributed by atoms with Crippen molar-refractivity contribution in [3.63, 3.8) is 0 Å². The van der Waals surface area contributed by atoms with E-state index in [1.807, 2.05) is 0 Å². The predicted octanol–water partition coefficient (Wildman–Crippen LogP) is 6.01. The number of nitrogens with zero attached hydrogens (tertiary/aromatic N) is 1. The number of benzene rings is 1. The van der Waals surface area contributed by atoms with Crippen molar-refractivity contribution in [1.82, 2.24) is 4.90 Å². The third-order valence-electron chi connectivity index (χ3n) is 6.84. The van der Waals surface area contributed by atoms with E-state index in [9.17, 15) is 4.79 Å². The topological polar surface area (TPSA) is 49.8 Å². The quantitative estimate of drug-likeness (QED) is 0.530. The molecule has 0 spiro atoms. The van der Waals surface area contributed by atoms with Crippen LogP contribution < -0.4 is 4.74 Å². The second-order valence-electron chi connectivity index (χ2n) is 10.1. The van der Waals surface area contributed by atoms with Gasteiger partial charge in [0.1, 0.15) is 5.75 Å². The van der Waals surface area contributed by atoms with Crippen molar-refractivity contribution < 1.29 is 14.6 Å². The summed E-state index contributed by atoms with van der Waals surface area (Å²) in [6.45, 7) is 10.1. The smallest absolute Gasteiger partial charge is 0.303 e. The molecule has 1 heterocycles. The molecule has 3 rings (SSSR count). The van der Waals surface area contributed by atoms with Gasteiger partial charge in [-0.3, -0.25) is 9.69 Å². The SMILES string of the molecule is CC(C)(C)[C@H]1CC[C@H](Oc2ccc(C3=CCN(CCCCC(=O)O)CC3)cc2)CC1. The monoisotopic (exact) mass is 413 g/mol. The number of carboxylic acids is 1. The van der Waals surface area contributed by atoms with Crippen LogP contribution in [-0.4, -0.2) is 41.7 Å². The molecule has 4 nitrogen and oxygen atoms in total. The summed E-state index contributed by atoms with van der Waals surface area (Å²) in [5, 5.41) is 8.73. The minimum atomic E-state index is -0.694. The van der Waals surface area contributed by atoms with Gasteiger partial charge in [-0.05, 0) is 86.1 Å². The van der Waals surface area contributed by atoms with Crippen LogP contribution in [0.1, 0.15) is 77.7 Å². The third-order valence-corrected chi connectivity index (χ3v) is 6.84. The molecule has 0 amide bonds. The van der Waals surface area contributed by atoms with Crippen LogP contribution in [0.2, 0.25) is 0 Å². The van der Waals surface area contributed by atoms with Gasteiger partial charge in [-0.1, -0.05) is 39.0 Å². The highest BCUT2D eigenvalue weighted by Gasteiger charge is 2.30. The van der Waals surface area contributed by atoms with Crippen LogP contribution in [0.25, 0.3) is 5.57 Å². The molecule has 0 aromatic heterocycles. The fourth-order valence-electron chi connectivity index (χ4n) is 4.77. The maximum absolute atomic E-state index is 10.6. The lowest BCUT2D eigenvalue weighted by Crippen LogP contribution is -2.30. The maximum Gasteiger partial charge on any atom is 0.303 e. The standard InChI is InChI=1S/C26H39NO3/c1-26(2,3)22-9-13-24(14-10-22)30-23-11-7-20(8-12-23)21-15-18-27(19-16-21)17-5-4-6-25(28)29/h7-8,11-12,15,22,24H,4-6,9-10,13-14,16-19H2,1-3H3,(H,28,29)/t22-,24-. The highest BCUT2D eigenvalue weighted by Crippen LogP contribution is 2.38. The third kappa shape index (κ3) is 6.87. The van der Waals surface area contributed by atoms with Gasteiger partial charge in [0.05, 0.1) is 6.10 Å². The highest BCUT2D eigenvalue weighted by molar-refractivity contribution is 5.67. The molecule has 1 aromatic rings. The Labute approximate surface area is 182 Å². The molecule has 1 fully saturated rings. The van der Waals surface area contributed by atoms with Gasteiger partial charge in [-0.25, -0.2) is 0 Å². The van der Waals surface area contributed by atoms with E-state index in [-0.39, 0.29) is 6.42 Å². The average Bonchev–Trinajstić information content (AvgIpc) is 2.72. The minimum absolute atomic E-state index is 0.279. The van der Waals surface area contributed by atoms with Gasteiger partial charge >= 0.3 is 5.97 Å². The molecule has 166 valence electrons. The van der Waals surface area contributed by atoms with E-state index in [2.05, 4.69) is 56.0 Å². The largest absolute Gasteiger partial charge is 0.490 e. The first kappa shape index (κ1) is 22.9. The first-order valence-electron chi connectivity index (χ1n) is 11.7. The van der Waals surface area contributed by atoms with Crippen LogP contribution in [0.15, 0.2) is 30.3 Å². The van der Waals surface area contributed by atoms with Gasteiger partial charge in [0.15, 0.2) is 0 Å². The molecule has 0 bridgehead atoms. The Balaban J connectivity index is 1.43. The number of unbranched alkanes of at least 4 members (excludes halogenated alkanes) is 1. The summed E-state index contributed by atoms with van der Waals surface area (Å²) in [6, 6.07) is 8.66. The van der Waals surface area contributed by atoms with E-state index >= 15 is 0 Å². The molecular formula is C26H39NO3. The minimum Gasteiger partial charge on any atom is -0.490 e. The number of aliphatic carboxylic acids is 1. The molecule has 0 saturated heterocycles. The Morgan fingerprint density at radius 1 is 1.10 bits per heavy atom. The summed E-state index contributed by atoms with van der Waals surface area (Å²) in [4.78, 5) is 13.0. The van der Waals surface area contributed by atoms with Gasteiger partial charge in [0.2, 0.25) is 0 Å². The lowest BCUT2D eigenvalue weighted by Gasteiger charge is -2.37. The number of rotatable bonds is 8. The maximum atomic E-state index is 10.6. The second-order valence-corrected chi connectivity index (χ2v) is 10.1. The zero-order valence-electron chi connectivity index (χ0n) is 19.0. The predicted molar refractivity (Wildman–Crippen MR) is 123 cm³/mol. The molecular weight excluding hydrogens is 374 g/mol. The fourth-order valence-corrected chi connectivity index (χ4v) is 4.77. The Hall–Kier alpha value is -1.81. The molecule has 4 heteroatoms. The molecule has 1 aliphatic carbocycles. The van der Waals surface area contributed by atoms with Gasteiger partial charge in [-0.15, -0.1) is 0 Å². The zero-order chi connectivity index (χ0) is 21.6. The van der Waals surface area contributed by atoms with Crippen molar-refractivity contribution >= 4 is 11.5 Å². The molecule has 0 radical (unpaired) electrons. The lowest BCUT2D eigenvalue weighted by atomic mass is 9.72. The molecule has 1 aromatic carbocycles. The summed E-state index contributed by atoms with van der Waals surface area (Å²) in [5.74, 6) is 1.12. The summed E-state index contributed by atoms with van der Waals surface area (Å²) in [5.41, 5.74) is 3.12. The first-order valence-corrected chi connectivity index (χ1v) is 11.7. The van der Waals surface area contributed by atoms with Crippen LogP contribution in [-0.2, 0) is 4.79 Å². The zero-order valence-corrected chi connectivity index (χ0v) is 19.0. The first-order chi connectivity index (χ1) is 14.3. The fraction of sp³-hybridized carbons (Fsp3) is 0.654. The Morgan fingerprint density at radius 2 is 1.80 bits per heavy atom.